The summed E-state index contributed by atoms with van der Waals surface area (Å²) in [6, 6.07) is 9.53. The first-order valence-corrected chi connectivity index (χ1v) is 7.44. The first-order chi connectivity index (χ1) is 8.71. The number of hydrogen-bond donors (Lipinski definition) is 1. The highest BCUT2D eigenvalue weighted by Crippen LogP contribution is 2.20. The Hall–Kier alpha value is -0.820. The third-order valence-electron chi connectivity index (χ3n) is 3.93. The second-order valence-electron chi connectivity index (χ2n) is 5.40. The highest BCUT2D eigenvalue weighted by atomic mass is 14.9. The van der Waals surface area contributed by atoms with Crippen molar-refractivity contribution in [1.29, 1.82) is 0 Å². The van der Waals surface area contributed by atoms with Crippen molar-refractivity contribution in [3.63, 3.8) is 0 Å². The zero-order valence-corrected chi connectivity index (χ0v) is 12.5. The average molecular weight is 247 g/mol. The summed E-state index contributed by atoms with van der Waals surface area (Å²) in [7, 11) is 2.11. The predicted octanol–water partition coefficient (Wildman–Crippen LogP) is 4.34. The van der Waals surface area contributed by atoms with E-state index in [9.17, 15) is 0 Å². The van der Waals surface area contributed by atoms with E-state index in [1.165, 1.54) is 36.8 Å². The Morgan fingerprint density at radius 3 is 2.56 bits per heavy atom. The van der Waals surface area contributed by atoms with Gasteiger partial charge in [0.1, 0.15) is 0 Å². The van der Waals surface area contributed by atoms with Crippen molar-refractivity contribution < 1.29 is 0 Å². The molecule has 1 nitrogen and oxygen atoms in total. The predicted molar refractivity (Wildman–Crippen MR) is 81.0 cm³/mol. The van der Waals surface area contributed by atoms with Gasteiger partial charge in [0.25, 0.3) is 0 Å². The molecule has 0 aliphatic carbocycles. The van der Waals surface area contributed by atoms with Crippen molar-refractivity contribution in [3.8, 4) is 0 Å². The summed E-state index contributed by atoms with van der Waals surface area (Å²) < 4.78 is 0. The highest BCUT2D eigenvalue weighted by molar-refractivity contribution is 5.23. The maximum Gasteiger partial charge on any atom is 0.0133 e. The lowest BCUT2D eigenvalue weighted by Gasteiger charge is -2.26. The fourth-order valence-corrected chi connectivity index (χ4v) is 2.75. The van der Waals surface area contributed by atoms with Gasteiger partial charge in [-0.1, -0.05) is 62.9 Å². The van der Waals surface area contributed by atoms with E-state index >= 15 is 0 Å². The molecule has 102 valence electrons. The van der Waals surface area contributed by atoms with Gasteiger partial charge in [-0.3, -0.25) is 0 Å². The van der Waals surface area contributed by atoms with Crippen molar-refractivity contribution in [2.45, 2.75) is 58.9 Å². The summed E-state index contributed by atoms with van der Waals surface area (Å²) in [6.07, 6.45) is 6.43. The number of rotatable bonds is 8. The lowest BCUT2D eigenvalue weighted by molar-refractivity contribution is 0.330. The van der Waals surface area contributed by atoms with Crippen LogP contribution in [0.4, 0.5) is 0 Å². The summed E-state index contributed by atoms with van der Waals surface area (Å²) in [6.45, 7) is 6.77. The molecule has 1 aromatic carbocycles. The lowest BCUT2D eigenvalue weighted by atomic mass is 9.87. The van der Waals surface area contributed by atoms with Gasteiger partial charge < -0.3 is 5.32 Å². The second-order valence-corrected chi connectivity index (χ2v) is 5.40. The minimum atomic E-state index is 0.614. The van der Waals surface area contributed by atoms with Crippen LogP contribution in [0.5, 0.6) is 0 Å². The molecular formula is C17H29N. The van der Waals surface area contributed by atoms with Crippen LogP contribution in [0.25, 0.3) is 0 Å². The fourth-order valence-electron chi connectivity index (χ4n) is 2.75. The van der Waals surface area contributed by atoms with E-state index in [1.807, 2.05) is 0 Å². The van der Waals surface area contributed by atoms with Crippen LogP contribution in [-0.4, -0.2) is 13.1 Å². The summed E-state index contributed by atoms with van der Waals surface area (Å²) in [4.78, 5) is 0. The highest BCUT2D eigenvalue weighted by Gasteiger charge is 2.18. The molecule has 0 aliphatic rings. The maximum atomic E-state index is 3.53. The Morgan fingerprint density at radius 1 is 1.22 bits per heavy atom. The molecule has 0 radical (unpaired) electrons. The maximum absolute atomic E-state index is 3.53. The molecule has 0 spiro atoms. The third kappa shape index (κ3) is 4.81. The van der Waals surface area contributed by atoms with Crippen LogP contribution in [0.1, 0.15) is 50.7 Å². The standard InChI is InChI=1S/C17H29N/c1-5-7-11-16(6-2)17(18-4)13-15-10-8-9-14(3)12-15/h8-10,12,16-18H,5-7,11,13H2,1-4H3. The summed E-state index contributed by atoms with van der Waals surface area (Å²) >= 11 is 0. The van der Waals surface area contributed by atoms with Gasteiger partial charge in [0.2, 0.25) is 0 Å². The molecule has 0 aliphatic heterocycles. The van der Waals surface area contributed by atoms with Gasteiger partial charge in [0, 0.05) is 6.04 Å². The Bertz CT molecular complexity index is 332. The van der Waals surface area contributed by atoms with E-state index in [1.54, 1.807) is 0 Å². The second kappa shape index (κ2) is 8.31. The molecule has 2 unspecified atom stereocenters. The van der Waals surface area contributed by atoms with Crippen LogP contribution >= 0.6 is 0 Å². The molecule has 0 saturated heterocycles. The number of hydrogen-bond acceptors (Lipinski definition) is 1. The quantitative estimate of drug-likeness (QED) is 0.720. The van der Waals surface area contributed by atoms with Gasteiger partial charge in [0.05, 0.1) is 0 Å². The van der Waals surface area contributed by atoms with Crippen molar-refractivity contribution >= 4 is 0 Å². The van der Waals surface area contributed by atoms with Crippen LogP contribution in [0.3, 0.4) is 0 Å². The Morgan fingerprint density at radius 2 is 2.00 bits per heavy atom. The van der Waals surface area contributed by atoms with E-state index in [0.717, 1.165) is 12.3 Å². The fraction of sp³-hybridized carbons (Fsp3) is 0.647. The Balaban J connectivity index is 2.64. The van der Waals surface area contributed by atoms with Crippen molar-refractivity contribution in [2.75, 3.05) is 7.05 Å². The van der Waals surface area contributed by atoms with Gasteiger partial charge in [-0.15, -0.1) is 0 Å². The summed E-state index contributed by atoms with van der Waals surface area (Å²) in [5.74, 6) is 0.801. The molecule has 0 fully saturated rings. The molecule has 1 rings (SSSR count). The molecule has 1 N–H and O–H groups in total. The summed E-state index contributed by atoms with van der Waals surface area (Å²) in [5, 5.41) is 3.53. The number of likely N-dealkylation sites (N-methyl/N-ethyl adjacent to an activating group) is 1. The third-order valence-corrected chi connectivity index (χ3v) is 3.93. The molecule has 18 heavy (non-hydrogen) atoms. The minimum absolute atomic E-state index is 0.614. The van der Waals surface area contributed by atoms with E-state index in [0.29, 0.717) is 6.04 Å². The van der Waals surface area contributed by atoms with Gasteiger partial charge in [-0.25, -0.2) is 0 Å². The minimum Gasteiger partial charge on any atom is -0.316 e. The van der Waals surface area contributed by atoms with Crippen LogP contribution in [0, 0.1) is 12.8 Å². The first kappa shape index (κ1) is 15.2. The molecular weight excluding hydrogens is 218 g/mol. The normalized spacial score (nSPS) is 14.4. The topological polar surface area (TPSA) is 12.0 Å². The lowest BCUT2D eigenvalue weighted by Crippen LogP contribution is -2.35. The molecule has 0 saturated carbocycles. The van der Waals surface area contributed by atoms with Gasteiger partial charge in [-0.05, 0) is 38.3 Å². The van der Waals surface area contributed by atoms with Gasteiger partial charge in [0.15, 0.2) is 0 Å². The van der Waals surface area contributed by atoms with E-state index in [4.69, 9.17) is 0 Å². The zero-order chi connectivity index (χ0) is 13.4. The molecule has 2 atom stereocenters. The molecule has 1 aromatic rings. The molecule has 1 heteroatoms. The number of aryl methyl sites for hydroxylation is 1. The van der Waals surface area contributed by atoms with Crippen LogP contribution < -0.4 is 5.32 Å². The Kier molecular flexibility index (Phi) is 7.04. The van der Waals surface area contributed by atoms with E-state index < -0.39 is 0 Å². The average Bonchev–Trinajstić information content (AvgIpc) is 2.38. The molecule has 0 heterocycles. The van der Waals surface area contributed by atoms with Crippen LogP contribution in [0.15, 0.2) is 24.3 Å². The molecule has 0 amide bonds. The number of unbranched alkanes of at least 4 members (excludes halogenated alkanes) is 1. The van der Waals surface area contributed by atoms with Crippen LogP contribution in [-0.2, 0) is 6.42 Å². The molecule has 0 bridgehead atoms. The number of benzene rings is 1. The van der Waals surface area contributed by atoms with E-state index in [2.05, 4.69) is 57.4 Å². The van der Waals surface area contributed by atoms with Gasteiger partial charge >= 0.3 is 0 Å². The smallest absolute Gasteiger partial charge is 0.0133 e. The first-order valence-electron chi connectivity index (χ1n) is 7.44. The number of nitrogens with one attached hydrogen (secondary N) is 1. The van der Waals surface area contributed by atoms with E-state index in [-0.39, 0.29) is 0 Å². The van der Waals surface area contributed by atoms with Crippen LogP contribution in [0.2, 0.25) is 0 Å². The Labute approximate surface area is 113 Å². The largest absolute Gasteiger partial charge is 0.316 e. The van der Waals surface area contributed by atoms with Crippen molar-refractivity contribution in [2.24, 2.45) is 5.92 Å². The van der Waals surface area contributed by atoms with Gasteiger partial charge in [-0.2, -0.15) is 0 Å². The van der Waals surface area contributed by atoms with Crippen molar-refractivity contribution in [1.82, 2.24) is 5.32 Å². The monoisotopic (exact) mass is 247 g/mol. The zero-order valence-electron chi connectivity index (χ0n) is 12.5. The SMILES string of the molecule is CCCCC(CC)C(Cc1cccc(C)c1)NC. The molecule has 0 aromatic heterocycles. The van der Waals surface area contributed by atoms with Crippen molar-refractivity contribution in [3.05, 3.63) is 35.4 Å². The summed E-state index contributed by atoms with van der Waals surface area (Å²) in [5.41, 5.74) is 2.83.